The van der Waals surface area contributed by atoms with E-state index in [0.717, 1.165) is 38.9 Å². The van der Waals surface area contributed by atoms with Crippen LogP contribution in [0.4, 0.5) is 0 Å². The Morgan fingerprint density at radius 3 is 2.08 bits per heavy atom. The van der Waals surface area contributed by atoms with Crippen molar-refractivity contribution in [3.63, 3.8) is 0 Å². The predicted molar refractivity (Wildman–Crippen MR) is 268 cm³/mol. The number of imidazole rings is 1. The Balaban J connectivity index is 0.00000747. The summed E-state index contributed by atoms with van der Waals surface area (Å²) < 4.78 is 87.8. The molecule has 0 atom stereocenters. The second-order valence-corrected chi connectivity index (χ2v) is 18.6. The molecular weight excluding hydrogens is 974 g/mol. The van der Waals surface area contributed by atoms with E-state index < -0.39 is 48.9 Å². The second-order valence-electron chi connectivity index (χ2n) is 18.6. The topological polar surface area (TPSA) is 50.9 Å². The number of para-hydroxylation sites is 1. The standard InChI is InChI=1S/C60H56N3O.Pt/c1-37-22-24-41(25-23-37)43-28-29-61-52(36-43)46-33-45(34-47(35-46)59(5,6)7)49-19-15-21-54-56(49)62-58(50-31-38(2)30-40(4)57(50)64)63(54)53-27-26-44(32-39(53)3)55-48(42-16-12-11-13-17-42)18-14-20-51(55)60(8,9)10;/h11-32,34-36,64H,1-10H3;/q-1;/i1D3,3D3,22D,23D,24D,25D;. The SMILES string of the molecule is [2H]c1c([2H])c(C([2H])([2H])[2H])c([2H])c([2H])c1-c1ccnc(-c2[c-]c(-c3cccc4c3nc(-c3cc(C)cc(C)c3O)n4-c3ccc(-c4c(-c5ccccc5)cccc4C(C)(C)C)cc3C([2H])([2H])[2H])cc(C(C)(C)C)c2)c1.[Pt]. The van der Waals surface area contributed by atoms with Crippen molar-refractivity contribution in [2.75, 3.05) is 0 Å². The van der Waals surface area contributed by atoms with Gasteiger partial charge in [-0.15, -0.1) is 29.3 Å². The van der Waals surface area contributed by atoms with Gasteiger partial charge in [0.15, 0.2) is 0 Å². The maximum absolute atomic E-state index is 11.9. The first-order valence-corrected chi connectivity index (χ1v) is 21.5. The molecule has 328 valence electrons. The van der Waals surface area contributed by atoms with E-state index in [1.807, 2.05) is 97.3 Å². The van der Waals surface area contributed by atoms with Crippen LogP contribution in [0.3, 0.4) is 0 Å². The van der Waals surface area contributed by atoms with Crippen LogP contribution in [0.1, 0.15) is 88.6 Å². The monoisotopic (exact) mass is 1040 g/mol. The molecule has 0 aliphatic heterocycles. The van der Waals surface area contributed by atoms with Crippen molar-refractivity contribution < 1.29 is 39.9 Å². The van der Waals surface area contributed by atoms with Gasteiger partial charge < -0.3 is 5.11 Å². The normalized spacial score (nSPS) is 14.4. The van der Waals surface area contributed by atoms with Crippen molar-refractivity contribution in [2.24, 2.45) is 0 Å². The van der Waals surface area contributed by atoms with Crippen LogP contribution in [0, 0.1) is 33.6 Å². The van der Waals surface area contributed by atoms with Crippen molar-refractivity contribution in [3.05, 3.63) is 191 Å². The first kappa shape index (κ1) is 34.1. The number of aryl methyl sites for hydroxylation is 3. The number of hydrogen-bond acceptors (Lipinski definition) is 3. The van der Waals surface area contributed by atoms with Crippen LogP contribution in [0.15, 0.2) is 152 Å². The molecule has 0 spiro atoms. The zero-order valence-electron chi connectivity index (χ0n) is 47.7. The van der Waals surface area contributed by atoms with Gasteiger partial charge in [-0.3, -0.25) is 9.55 Å². The fraction of sp³-hybridized carbons (Fsp3) is 0.200. The first-order chi connectivity index (χ1) is 34.6. The van der Waals surface area contributed by atoms with E-state index in [9.17, 15) is 5.11 Å². The molecule has 7 aromatic carbocycles. The number of phenolic OH excluding ortho intramolecular Hbond substituents is 1. The zero-order chi connectivity index (χ0) is 53.6. The zero-order valence-corrected chi connectivity index (χ0v) is 40.0. The minimum atomic E-state index is -2.85. The molecule has 0 unspecified atom stereocenters. The van der Waals surface area contributed by atoms with E-state index in [-0.39, 0.29) is 43.4 Å². The van der Waals surface area contributed by atoms with Gasteiger partial charge >= 0.3 is 0 Å². The number of phenols is 1. The van der Waals surface area contributed by atoms with Crippen molar-refractivity contribution in [2.45, 2.75) is 79.9 Å². The molecule has 2 aromatic heterocycles. The van der Waals surface area contributed by atoms with Crippen molar-refractivity contribution in [1.29, 1.82) is 0 Å². The van der Waals surface area contributed by atoms with E-state index in [1.165, 1.54) is 6.20 Å². The Hall–Kier alpha value is -6.35. The molecule has 0 radical (unpaired) electrons. The van der Waals surface area contributed by atoms with Crippen LogP contribution >= 0.6 is 0 Å². The van der Waals surface area contributed by atoms with Gasteiger partial charge in [0.2, 0.25) is 0 Å². The van der Waals surface area contributed by atoms with E-state index in [4.69, 9.17) is 23.7 Å². The number of aromatic hydroxyl groups is 1. The van der Waals surface area contributed by atoms with Gasteiger partial charge in [0.1, 0.15) is 11.6 Å². The third-order valence-corrected chi connectivity index (χ3v) is 11.8. The molecule has 0 aliphatic rings. The Morgan fingerprint density at radius 1 is 0.615 bits per heavy atom. The quantitative estimate of drug-likeness (QED) is 0.162. The van der Waals surface area contributed by atoms with Crippen LogP contribution in [0.25, 0.3) is 83.9 Å². The maximum atomic E-state index is 11.9. The fourth-order valence-electron chi connectivity index (χ4n) is 8.58. The van der Waals surface area contributed by atoms with Crippen LogP contribution in [-0.4, -0.2) is 19.6 Å². The molecule has 9 rings (SSSR count). The summed E-state index contributed by atoms with van der Waals surface area (Å²) in [5.41, 5.74) is 10.3. The number of hydrogen-bond donors (Lipinski definition) is 1. The Morgan fingerprint density at radius 2 is 1.35 bits per heavy atom. The molecule has 0 saturated carbocycles. The third-order valence-electron chi connectivity index (χ3n) is 11.8. The summed E-state index contributed by atoms with van der Waals surface area (Å²) in [6.45, 7) is 11.0. The summed E-state index contributed by atoms with van der Waals surface area (Å²) in [6.07, 6.45) is 1.51. The van der Waals surface area contributed by atoms with Crippen LogP contribution < -0.4 is 0 Å². The third kappa shape index (κ3) is 8.77. The van der Waals surface area contributed by atoms with Crippen molar-refractivity contribution in [3.8, 4) is 78.6 Å². The van der Waals surface area contributed by atoms with Crippen molar-refractivity contribution >= 4 is 11.0 Å². The molecule has 0 fully saturated rings. The fourth-order valence-corrected chi connectivity index (χ4v) is 8.58. The van der Waals surface area contributed by atoms with Gasteiger partial charge in [-0.05, 0) is 124 Å². The van der Waals surface area contributed by atoms with Gasteiger partial charge in [0, 0.05) is 41.2 Å². The number of rotatable bonds is 7. The molecule has 0 aliphatic carbocycles. The predicted octanol–water partition coefficient (Wildman–Crippen LogP) is 15.8. The van der Waals surface area contributed by atoms with E-state index in [2.05, 4.69) is 71.9 Å². The van der Waals surface area contributed by atoms with E-state index >= 15 is 0 Å². The summed E-state index contributed by atoms with van der Waals surface area (Å²) in [5.74, 6) is 0.345. The Labute approximate surface area is 413 Å². The second kappa shape index (κ2) is 17.6. The molecule has 9 aromatic rings. The molecule has 0 bridgehead atoms. The van der Waals surface area contributed by atoms with Gasteiger partial charge in [0.25, 0.3) is 0 Å². The van der Waals surface area contributed by atoms with Gasteiger partial charge in [0.05, 0.1) is 27.8 Å². The molecular formula is C60H56N3OPt-. The van der Waals surface area contributed by atoms with Gasteiger partial charge in [-0.2, -0.15) is 0 Å². The molecule has 5 heteroatoms. The van der Waals surface area contributed by atoms with Gasteiger partial charge in [-0.1, -0.05) is 161 Å². The van der Waals surface area contributed by atoms with Crippen LogP contribution in [0.2, 0.25) is 0 Å². The maximum Gasteiger partial charge on any atom is 0.148 e. The van der Waals surface area contributed by atoms with Crippen molar-refractivity contribution in [1.82, 2.24) is 14.5 Å². The van der Waals surface area contributed by atoms with E-state index in [0.29, 0.717) is 61.6 Å². The molecule has 0 amide bonds. The number of aromatic nitrogens is 3. The number of fused-ring (bicyclic) bond motifs is 1. The molecule has 0 saturated heterocycles. The van der Waals surface area contributed by atoms with Crippen LogP contribution in [-0.2, 0) is 31.9 Å². The van der Waals surface area contributed by atoms with E-state index in [1.54, 1.807) is 18.2 Å². The number of nitrogens with zero attached hydrogens (tertiary/aromatic N) is 3. The summed E-state index contributed by atoms with van der Waals surface area (Å²) in [7, 11) is 0. The molecule has 65 heavy (non-hydrogen) atoms. The summed E-state index contributed by atoms with van der Waals surface area (Å²) >= 11 is 0. The Kier molecular flexibility index (Phi) is 9.20. The summed E-state index contributed by atoms with van der Waals surface area (Å²) in [4.78, 5) is 10.1. The number of pyridine rings is 1. The first-order valence-electron chi connectivity index (χ1n) is 26.5. The largest absolute Gasteiger partial charge is 0.507 e. The van der Waals surface area contributed by atoms with Gasteiger partial charge in [-0.25, -0.2) is 4.98 Å². The van der Waals surface area contributed by atoms with Crippen LogP contribution in [0.5, 0.6) is 5.75 Å². The minimum absolute atomic E-state index is 0. The summed E-state index contributed by atoms with van der Waals surface area (Å²) in [5, 5.41) is 11.9. The molecule has 1 N–H and O–H groups in total. The average molecular weight is 1040 g/mol. The average Bonchev–Trinajstić information content (AvgIpc) is 3.73. The Bertz CT molecular complexity index is 3670. The summed E-state index contributed by atoms with van der Waals surface area (Å²) in [6, 6.07) is 39.9. The molecule has 2 heterocycles. The molecule has 4 nitrogen and oxygen atoms in total. The number of benzene rings is 7. The smallest absolute Gasteiger partial charge is 0.148 e. The minimum Gasteiger partial charge on any atom is -0.507 e.